The van der Waals surface area contributed by atoms with E-state index >= 15 is 4.39 Å². The van der Waals surface area contributed by atoms with E-state index in [4.69, 9.17) is 14.2 Å². The van der Waals surface area contributed by atoms with Gasteiger partial charge in [0, 0.05) is 35.0 Å². The van der Waals surface area contributed by atoms with Crippen molar-refractivity contribution in [2.24, 2.45) is 0 Å². The van der Waals surface area contributed by atoms with Gasteiger partial charge in [-0.25, -0.2) is 18.4 Å². The van der Waals surface area contributed by atoms with Crippen molar-refractivity contribution < 1.29 is 42.1 Å². The maximum Gasteiger partial charge on any atom is 0.514 e. The van der Waals surface area contributed by atoms with Gasteiger partial charge in [0.2, 0.25) is 11.2 Å². The average Bonchev–Trinajstić information content (AvgIpc) is 3.17. The first-order valence-electron chi connectivity index (χ1n) is 13.3. The fraction of sp³-hybridized carbons (Fsp3) is 0.310. The number of rotatable bonds is 4. The van der Waals surface area contributed by atoms with E-state index in [1.165, 1.54) is 40.5 Å². The van der Waals surface area contributed by atoms with Crippen molar-refractivity contribution in [1.29, 1.82) is 0 Å². The predicted molar refractivity (Wildman–Crippen MR) is 147 cm³/mol. The fourth-order valence-electron chi connectivity index (χ4n) is 5.53. The number of nitrogens with zero attached hydrogens (tertiary/aromatic N) is 3. The minimum absolute atomic E-state index is 0.0665. The molecule has 3 aromatic rings. The van der Waals surface area contributed by atoms with Crippen LogP contribution in [0.25, 0.3) is 0 Å². The summed E-state index contributed by atoms with van der Waals surface area (Å²) in [7, 11) is 1.11. The summed E-state index contributed by atoms with van der Waals surface area (Å²) in [5.74, 6) is -3.90. The Kier molecular flexibility index (Phi) is 7.56. The van der Waals surface area contributed by atoms with Crippen LogP contribution in [-0.4, -0.2) is 66.7 Å². The van der Waals surface area contributed by atoms with Crippen LogP contribution in [0.5, 0.6) is 5.75 Å². The molecule has 1 fully saturated rings. The Labute approximate surface area is 247 Å². The van der Waals surface area contributed by atoms with Crippen molar-refractivity contribution in [1.82, 2.24) is 9.58 Å². The Morgan fingerprint density at radius 2 is 1.88 bits per heavy atom. The number of halogens is 2. The molecule has 0 unspecified atom stereocenters. The minimum atomic E-state index is -1.40. The Morgan fingerprint density at radius 3 is 2.67 bits per heavy atom. The molecule has 2 aromatic carbocycles. The molecule has 6 rings (SSSR count). The zero-order valence-electron chi connectivity index (χ0n) is 23.0. The molecule has 0 saturated carbocycles. The molecule has 3 aliphatic rings. The number of hydrogen-bond donors (Lipinski definition) is 0. The first-order chi connectivity index (χ1) is 20.7. The van der Waals surface area contributed by atoms with E-state index in [1.54, 1.807) is 5.01 Å². The normalized spacial score (nSPS) is 19.7. The van der Waals surface area contributed by atoms with Crippen molar-refractivity contribution in [3.05, 3.63) is 92.9 Å². The van der Waals surface area contributed by atoms with Crippen molar-refractivity contribution >= 4 is 29.8 Å². The number of thioether (sulfide) groups is 1. The quantitative estimate of drug-likeness (QED) is 0.406. The van der Waals surface area contributed by atoms with E-state index in [0.29, 0.717) is 5.56 Å². The first-order valence-corrected chi connectivity index (χ1v) is 14.3. The number of fused-ring (bicyclic) bond motifs is 4. The van der Waals surface area contributed by atoms with E-state index in [2.05, 4.69) is 4.74 Å². The van der Waals surface area contributed by atoms with Crippen LogP contribution in [0.2, 0.25) is 0 Å². The maximum absolute atomic E-state index is 15.3. The van der Waals surface area contributed by atoms with E-state index in [0.717, 1.165) is 29.7 Å². The molecule has 4 heterocycles. The lowest BCUT2D eigenvalue weighted by Crippen LogP contribution is -2.66. The fourth-order valence-corrected chi connectivity index (χ4v) is 6.65. The SMILES string of the molecule is COC(=O)[C@@H](C)OC(=O)Oc1c2n(ccc1=O)N([C@@H]1c3ccccc3SCc3c1ccc(F)c3F)[C@@H]1COCCN1C2=O. The minimum Gasteiger partial charge on any atom is -0.466 e. The number of esters is 1. The predicted octanol–water partition coefficient (Wildman–Crippen LogP) is 3.35. The third-order valence-corrected chi connectivity index (χ3v) is 8.64. The van der Waals surface area contributed by atoms with Gasteiger partial charge in [-0.05, 0) is 30.2 Å². The number of methoxy groups -OCH3 is 1. The highest BCUT2D eigenvalue weighted by Crippen LogP contribution is 2.45. The van der Waals surface area contributed by atoms with Crippen LogP contribution in [0.3, 0.4) is 0 Å². The molecule has 3 aliphatic heterocycles. The van der Waals surface area contributed by atoms with Gasteiger partial charge in [0.05, 0.1) is 26.4 Å². The summed E-state index contributed by atoms with van der Waals surface area (Å²) < 4.78 is 51.7. The van der Waals surface area contributed by atoms with Gasteiger partial charge in [-0.15, -0.1) is 11.8 Å². The van der Waals surface area contributed by atoms with Crippen molar-refractivity contribution in [3.8, 4) is 5.75 Å². The summed E-state index contributed by atoms with van der Waals surface area (Å²) in [6, 6.07) is 10.3. The lowest BCUT2D eigenvalue weighted by Gasteiger charge is -2.51. The molecule has 14 heteroatoms. The van der Waals surface area contributed by atoms with Gasteiger partial charge in [-0.3, -0.25) is 19.3 Å². The molecule has 1 amide bonds. The molecule has 43 heavy (non-hydrogen) atoms. The third kappa shape index (κ3) is 4.89. The summed E-state index contributed by atoms with van der Waals surface area (Å²) in [5.41, 5.74) is 0.280. The van der Waals surface area contributed by atoms with Crippen LogP contribution in [0, 0.1) is 11.6 Å². The van der Waals surface area contributed by atoms with Crippen molar-refractivity contribution in [2.75, 3.05) is 31.9 Å². The Morgan fingerprint density at radius 1 is 1.09 bits per heavy atom. The van der Waals surface area contributed by atoms with Crippen molar-refractivity contribution in [3.63, 3.8) is 0 Å². The van der Waals surface area contributed by atoms with Gasteiger partial charge in [0.25, 0.3) is 5.91 Å². The molecule has 1 saturated heterocycles. The standard InChI is InChI=1S/C29H25F2N3O8S/c1-15(28(37)39-2)41-29(38)42-26-20(35)9-10-33-25(26)27(36)32-11-12-40-13-22(32)34(33)24-16-7-8-19(30)23(31)18(16)14-43-21-6-4-3-5-17(21)24/h3-10,15,22,24H,11-14H2,1-2H3/t15-,22-,24+/m1/s1. The Balaban J connectivity index is 1.55. The van der Waals surface area contributed by atoms with E-state index in [-0.39, 0.29) is 36.8 Å². The van der Waals surface area contributed by atoms with Gasteiger partial charge in [0.15, 0.2) is 23.4 Å². The lowest BCUT2D eigenvalue weighted by molar-refractivity contribution is -0.150. The van der Waals surface area contributed by atoms with Gasteiger partial charge < -0.3 is 23.8 Å². The molecule has 0 radical (unpaired) electrons. The molecule has 0 spiro atoms. The second kappa shape index (κ2) is 11.3. The van der Waals surface area contributed by atoms with E-state index < -0.39 is 59.2 Å². The van der Waals surface area contributed by atoms with Crippen LogP contribution in [0.15, 0.2) is 58.4 Å². The number of ether oxygens (including phenoxy) is 4. The second-order valence-corrected chi connectivity index (χ2v) is 10.9. The molecule has 224 valence electrons. The number of hydrogen-bond acceptors (Lipinski definition) is 10. The summed E-state index contributed by atoms with van der Waals surface area (Å²) in [5, 5.41) is 1.74. The zero-order valence-corrected chi connectivity index (χ0v) is 23.8. The first kappa shape index (κ1) is 28.7. The van der Waals surface area contributed by atoms with Gasteiger partial charge >= 0.3 is 12.1 Å². The summed E-state index contributed by atoms with van der Waals surface area (Å²) in [6.45, 7) is 1.67. The van der Waals surface area contributed by atoms with Crippen LogP contribution in [0.4, 0.5) is 13.6 Å². The number of aromatic nitrogens is 1. The molecule has 0 bridgehead atoms. The number of benzene rings is 2. The van der Waals surface area contributed by atoms with Gasteiger partial charge in [-0.1, -0.05) is 24.3 Å². The summed E-state index contributed by atoms with van der Waals surface area (Å²) in [6.07, 6.45) is -2.12. The summed E-state index contributed by atoms with van der Waals surface area (Å²) in [4.78, 5) is 53.7. The zero-order chi connectivity index (χ0) is 30.4. The third-order valence-electron chi connectivity index (χ3n) is 7.52. The average molecular weight is 614 g/mol. The van der Waals surface area contributed by atoms with Gasteiger partial charge in [-0.2, -0.15) is 0 Å². The maximum atomic E-state index is 15.3. The van der Waals surface area contributed by atoms with Crippen LogP contribution in [0.1, 0.15) is 40.1 Å². The second-order valence-electron chi connectivity index (χ2n) is 9.93. The number of carbonyl (C=O) groups excluding carboxylic acids is 3. The highest BCUT2D eigenvalue weighted by molar-refractivity contribution is 7.98. The smallest absolute Gasteiger partial charge is 0.466 e. The molecule has 0 N–H and O–H groups in total. The molecule has 1 aromatic heterocycles. The van der Waals surface area contributed by atoms with Crippen LogP contribution < -0.4 is 15.2 Å². The monoisotopic (exact) mass is 613 g/mol. The van der Waals surface area contributed by atoms with Gasteiger partial charge in [0.1, 0.15) is 6.17 Å². The number of amides is 1. The molecule has 11 nitrogen and oxygen atoms in total. The number of morpholine rings is 1. The molecule has 3 atom stereocenters. The van der Waals surface area contributed by atoms with Crippen LogP contribution in [-0.2, 0) is 24.8 Å². The molecule has 0 aliphatic carbocycles. The van der Waals surface area contributed by atoms with Crippen LogP contribution >= 0.6 is 11.8 Å². The van der Waals surface area contributed by atoms with E-state index in [9.17, 15) is 23.6 Å². The lowest BCUT2D eigenvalue weighted by atomic mass is 9.93. The molecular formula is C29H25F2N3O8S. The number of carbonyl (C=O) groups is 3. The largest absolute Gasteiger partial charge is 0.514 e. The summed E-state index contributed by atoms with van der Waals surface area (Å²) >= 11 is 1.35. The van der Waals surface area contributed by atoms with E-state index in [1.807, 2.05) is 24.3 Å². The Hall–Kier alpha value is -4.43. The topological polar surface area (TPSA) is 117 Å². The Bertz CT molecular complexity index is 1700. The highest BCUT2D eigenvalue weighted by atomic mass is 32.2. The van der Waals surface area contributed by atoms with Crippen molar-refractivity contribution in [2.45, 2.75) is 35.9 Å². The molecular weight excluding hydrogens is 588 g/mol. The number of pyridine rings is 1. The highest BCUT2D eigenvalue weighted by Gasteiger charge is 2.46.